The van der Waals surface area contributed by atoms with Crippen molar-refractivity contribution in [2.75, 3.05) is 7.11 Å². The molecule has 0 radical (unpaired) electrons. The molecule has 1 aromatic rings. The molecule has 0 unspecified atom stereocenters. The van der Waals surface area contributed by atoms with Crippen molar-refractivity contribution in [2.24, 2.45) is 5.73 Å². The van der Waals surface area contributed by atoms with Crippen LogP contribution in [0.4, 0.5) is 0 Å². The van der Waals surface area contributed by atoms with E-state index < -0.39 is 12.0 Å². The molecule has 0 spiro atoms. The third-order valence-electron chi connectivity index (χ3n) is 2.27. The number of hydrogen-bond donors (Lipinski definition) is 3. The number of benzene rings is 1. The number of aliphatic hydroxyl groups excluding tert-OH is 1. The van der Waals surface area contributed by atoms with E-state index in [2.05, 4.69) is 4.74 Å². The summed E-state index contributed by atoms with van der Waals surface area (Å²) in [5.74, 6) is -0.462. The molecule has 4 N–H and O–H groups in total. The number of nitrogens with two attached hydrogens (primary N) is 1. The molecule has 0 aliphatic rings. The first-order valence-corrected chi connectivity index (χ1v) is 4.83. The van der Waals surface area contributed by atoms with Crippen molar-refractivity contribution in [2.45, 2.75) is 19.1 Å². The number of rotatable bonds is 4. The van der Waals surface area contributed by atoms with Gasteiger partial charge in [0.1, 0.15) is 11.8 Å². The second-order valence-electron chi connectivity index (χ2n) is 3.45. The van der Waals surface area contributed by atoms with Crippen molar-refractivity contribution in [1.82, 2.24) is 0 Å². The van der Waals surface area contributed by atoms with Crippen LogP contribution in [0.1, 0.15) is 11.1 Å². The Bertz CT molecular complexity index is 378. The van der Waals surface area contributed by atoms with Crippen LogP contribution in [0.15, 0.2) is 18.2 Å². The van der Waals surface area contributed by atoms with Crippen molar-refractivity contribution in [3.8, 4) is 5.75 Å². The molecule has 1 atom stereocenters. The highest BCUT2D eigenvalue weighted by molar-refractivity contribution is 5.75. The molecule has 0 aliphatic carbocycles. The summed E-state index contributed by atoms with van der Waals surface area (Å²) >= 11 is 0. The van der Waals surface area contributed by atoms with Gasteiger partial charge in [0, 0.05) is 5.56 Å². The van der Waals surface area contributed by atoms with Gasteiger partial charge in [-0.05, 0) is 24.1 Å². The number of phenols is 1. The molecule has 0 aliphatic heterocycles. The van der Waals surface area contributed by atoms with Gasteiger partial charge in [0.2, 0.25) is 0 Å². The molecule has 0 bridgehead atoms. The second-order valence-corrected chi connectivity index (χ2v) is 3.45. The van der Waals surface area contributed by atoms with Gasteiger partial charge in [0.25, 0.3) is 0 Å². The van der Waals surface area contributed by atoms with Gasteiger partial charge < -0.3 is 20.7 Å². The Morgan fingerprint density at radius 3 is 2.81 bits per heavy atom. The predicted molar refractivity (Wildman–Crippen MR) is 57.7 cm³/mol. The number of aliphatic hydroxyl groups is 1. The average Bonchev–Trinajstić information content (AvgIpc) is 2.30. The number of aromatic hydroxyl groups is 1. The number of ether oxygens (including phenoxy) is 1. The first kappa shape index (κ1) is 12.5. The highest BCUT2D eigenvalue weighted by atomic mass is 16.5. The summed E-state index contributed by atoms with van der Waals surface area (Å²) in [4.78, 5) is 11.1. The highest BCUT2D eigenvalue weighted by Gasteiger charge is 2.14. The summed E-state index contributed by atoms with van der Waals surface area (Å²) in [5, 5.41) is 18.3. The first-order chi connectivity index (χ1) is 7.58. The van der Waals surface area contributed by atoms with Gasteiger partial charge in [-0.15, -0.1) is 0 Å². The summed E-state index contributed by atoms with van der Waals surface area (Å²) in [6.07, 6.45) is 0.306. The Morgan fingerprint density at radius 1 is 1.56 bits per heavy atom. The van der Waals surface area contributed by atoms with E-state index in [4.69, 9.17) is 10.8 Å². The van der Waals surface area contributed by atoms with Crippen molar-refractivity contribution in [3.63, 3.8) is 0 Å². The third-order valence-corrected chi connectivity index (χ3v) is 2.27. The summed E-state index contributed by atoms with van der Waals surface area (Å²) < 4.78 is 4.50. The first-order valence-electron chi connectivity index (χ1n) is 4.83. The number of esters is 1. The summed E-state index contributed by atoms with van der Waals surface area (Å²) in [6, 6.07) is 3.99. The molecular weight excluding hydrogens is 210 g/mol. The lowest BCUT2D eigenvalue weighted by molar-refractivity contribution is -0.142. The van der Waals surface area contributed by atoms with E-state index in [1.165, 1.54) is 13.2 Å². The lowest BCUT2D eigenvalue weighted by Crippen LogP contribution is -2.33. The highest BCUT2D eigenvalue weighted by Crippen LogP contribution is 2.19. The van der Waals surface area contributed by atoms with E-state index in [9.17, 15) is 9.90 Å². The van der Waals surface area contributed by atoms with Gasteiger partial charge in [0.15, 0.2) is 0 Å². The fourth-order valence-corrected chi connectivity index (χ4v) is 1.38. The van der Waals surface area contributed by atoms with Crippen LogP contribution in [-0.2, 0) is 22.6 Å². The van der Waals surface area contributed by atoms with Crippen molar-refractivity contribution >= 4 is 5.97 Å². The van der Waals surface area contributed by atoms with Gasteiger partial charge >= 0.3 is 5.97 Å². The lowest BCUT2D eigenvalue weighted by Gasteiger charge is -2.10. The summed E-state index contributed by atoms with van der Waals surface area (Å²) in [5.41, 5.74) is 6.77. The Morgan fingerprint density at radius 2 is 2.25 bits per heavy atom. The Kier molecular flexibility index (Phi) is 4.28. The van der Waals surface area contributed by atoms with Crippen LogP contribution in [-0.4, -0.2) is 29.3 Å². The fraction of sp³-hybridized carbons (Fsp3) is 0.364. The van der Waals surface area contributed by atoms with E-state index in [0.717, 1.165) is 5.56 Å². The Balaban J connectivity index is 2.78. The van der Waals surface area contributed by atoms with Crippen molar-refractivity contribution < 1.29 is 19.7 Å². The molecule has 5 heteroatoms. The molecule has 1 rings (SSSR count). The van der Waals surface area contributed by atoms with E-state index in [1.54, 1.807) is 12.1 Å². The van der Waals surface area contributed by atoms with Gasteiger partial charge in [-0.25, -0.2) is 0 Å². The maximum absolute atomic E-state index is 11.1. The zero-order valence-corrected chi connectivity index (χ0v) is 9.01. The van der Waals surface area contributed by atoms with Crippen LogP contribution >= 0.6 is 0 Å². The second kappa shape index (κ2) is 5.48. The van der Waals surface area contributed by atoms with E-state index in [1.807, 2.05) is 0 Å². The topological polar surface area (TPSA) is 92.8 Å². The summed E-state index contributed by atoms with van der Waals surface area (Å²) in [7, 11) is 1.28. The van der Waals surface area contributed by atoms with Gasteiger partial charge in [-0.2, -0.15) is 0 Å². The summed E-state index contributed by atoms with van der Waals surface area (Å²) in [6.45, 7) is -0.257. The molecule has 0 saturated heterocycles. The molecule has 0 saturated carbocycles. The smallest absolute Gasteiger partial charge is 0.322 e. The van der Waals surface area contributed by atoms with E-state index in [-0.39, 0.29) is 12.4 Å². The van der Waals surface area contributed by atoms with Crippen LogP contribution in [0.3, 0.4) is 0 Å². The SMILES string of the molecule is COC(=O)[C@@H](N)Cc1ccc(O)c(CO)c1. The molecule has 0 aromatic heterocycles. The standard InChI is InChI=1S/C11H15NO4/c1-16-11(15)9(12)5-7-2-3-10(14)8(4-7)6-13/h2-4,9,13-14H,5-6,12H2,1H3/t9-/m0/s1. The van der Waals surface area contributed by atoms with Gasteiger partial charge in [0.05, 0.1) is 13.7 Å². The van der Waals surface area contributed by atoms with Crippen LogP contribution in [0.25, 0.3) is 0 Å². The largest absolute Gasteiger partial charge is 0.508 e. The monoisotopic (exact) mass is 225 g/mol. The van der Waals surface area contributed by atoms with E-state index in [0.29, 0.717) is 12.0 Å². The Hall–Kier alpha value is -1.59. The minimum absolute atomic E-state index is 0.0258. The predicted octanol–water partition coefficient (Wildman–Crippen LogP) is -0.0727. The van der Waals surface area contributed by atoms with Crippen LogP contribution < -0.4 is 5.73 Å². The molecule has 0 amide bonds. The molecule has 1 aromatic carbocycles. The van der Waals surface area contributed by atoms with Crippen LogP contribution in [0.2, 0.25) is 0 Å². The Labute approximate surface area is 93.5 Å². The maximum atomic E-state index is 11.1. The van der Waals surface area contributed by atoms with Crippen molar-refractivity contribution in [1.29, 1.82) is 0 Å². The quantitative estimate of drug-likeness (QED) is 0.624. The lowest BCUT2D eigenvalue weighted by atomic mass is 10.0. The van der Waals surface area contributed by atoms with Crippen LogP contribution in [0, 0.1) is 0 Å². The number of methoxy groups -OCH3 is 1. The maximum Gasteiger partial charge on any atom is 0.322 e. The molecule has 5 nitrogen and oxygen atoms in total. The average molecular weight is 225 g/mol. The number of carbonyl (C=O) groups is 1. The van der Waals surface area contributed by atoms with Crippen molar-refractivity contribution in [3.05, 3.63) is 29.3 Å². The molecule has 16 heavy (non-hydrogen) atoms. The minimum Gasteiger partial charge on any atom is -0.508 e. The zero-order valence-electron chi connectivity index (χ0n) is 9.01. The number of carbonyl (C=O) groups excluding carboxylic acids is 1. The zero-order chi connectivity index (χ0) is 12.1. The van der Waals surface area contributed by atoms with E-state index >= 15 is 0 Å². The number of hydrogen-bond acceptors (Lipinski definition) is 5. The minimum atomic E-state index is -0.735. The van der Waals surface area contributed by atoms with Crippen LogP contribution in [0.5, 0.6) is 5.75 Å². The molecule has 0 fully saturated rings. The molecule has 0 heterocycles. The van der Waals surface area contributed by atoms with Gasteiger partial charge in [-0.1, -0.05) is 6.07 Å². The molecule has 88 valence electrons. The third kappa shape index (κ3) is 2.95. The fourth-order valence-electron chi connectivity index (χ4n) is 1.38. The normalized spacial score (nSPS) is 12.2. The molecular formula is C11H15NO4. The van der Waals surface area contributed by atoms with Gasteiger partial charge in [-0.3, -0.25) is 4.79 Å².